The molecule has 1 saturated heterocycles. The first-order valence-corrected chi connectivity index (χ1v) is 12.0. The first-order chi connectivity index (χ1) is 14.4. The topological polar surface area (TPSA) is 70.0 Å². The molecule has 2 aliphatic carbocycles. The van der Waals surface area contributed by atoms with Crippen LogP contribution in [0.15, 0.2) is 23.8 Å². The second-order valence-electron chi connectivity index (χ2n) is 9.86. The molecule has 5 atom stereocenters. The number of amides is 1. The van der Waals surface area contributed by atoms with Crippen molar-refractivity contribution in [2.75, 3.05) is 26.3 Å². The first kappa shape index (κ1) is 23.5. The fraction of sp³-hybridized carbons (Fsp3) is 0.800. The molecule has 170 valence electrons. The maximum Gasteiger partial charge on any atom is 0.224 e. The Balaban J connectivity index is 1.40. The van der Waals surface area contributed by atoms with Gasteiger partial charge >= 0.3 is 0 Å². The quantitative estimate of drug-likeness (QED) is 0.394. The summed E-state index contributed by atoms with van der Waals surface area (Å²) in [6, 6.07) is 0. The molecule has 1 amide bonds. The minimum absolute atomic E-state index is 0.155. The number of unbranched alkanes of at least 4 members (excludes halogenated alkanes) is 1. The molecular weight excluding hydrogens is 378 g/mol. The average molecular weight is 420 g/mol. The minimum atomic E-state index is -0.658. The van der Waals surface area contributed by atoms with Crippen LogP contribution in [-0.4, -0.2) is 59.0 Å². The highest BCUT2D eigenvalue weighted by Crippen LogP contribution is 2.47. The van der Waals surface area contributed by atoms with Crippen LogP contribution in [0, 0.1) is 17.8 Å². The van der Waals surface area contributed by atoms with Crippen molar-refractivity contribution in [3.05, 3.63) is 23.8 Å². The number of carbonyl (C=O) groups excluding carboxylic acids is 1. The van der Waals surface area contributed by atoms with Gasteiger partial charge in [-0.25, -0.2) is 0 Å². The minimum Gasteiger partial charge on any atom is -0.392 e. The Morgan fingerprint density at radius 1 is 1.37 bits per heavy atom. The predicted molar refractivity (Wildman–Crippen MR) is 119 cm³/mol. The van der Waals surface area contributed by atoms with E-state index in [-0.39, 0.29) is 17.9 Å². The number of fused-ring (bicyclic) bond motifs is 1. The van der Waals surface area contributed by atoms with E-state index in [2.05, 4.69) is 25.2 Å². The molecule has 5 nitrogen and oxygen atoms in total. The molecule has 2 N–H and O–H groups in total. The summed E-state index contributed by atoms with van der Waals surface area (Å²) < 4.78 is 5.81. The molecule has 1 heterocycles. The lowest BCUT2D eigenvalue weighted by molar-refractivity contribution is -0.131. The Kier molecular flexibility index (Phi) is 8.55. The monoisotopic (exact) mass is 419 g/mol. The van der Waals surface area contributed by atoms with E-state index in [0.29, 0.717) is 37.9 Å². The SMILES string of the molecule is CCCC[C@](C)(O)C/C=C/[C@@H]1[C@H]2CC(COCCC(=O)N3CCCC3)=C[C@H]2C[C@H]1O. The summed E-state index contributed by atoms with van der Waals surface area (Å²) in [6.45, 7) is 6.93. The van der Waals surface area contributed by atoms with Gasteiger partial charge in [0.05, 0.1) is 31.3 Å². The first-order valence-electron chi connectivity index (χ1n) is 12.0. The number of aliphatic hydroxyl groups is 2. The highest BCUT2D eigenvalue weighted by Gasteiger charge is 2.43. The van der Waals surface area contributed by atoms with E-state index in [1.54, 1.807) is 0 Å². The molecule has 0 bridgehead atoms. The van der Waals surface area contributed by atoms with Gasteiger partial charge in [0.1, 0.15) is 0 Å². The van der Waals surface area contributed by atoms with Gasteiger partial charge in [-0.15, -0.1) is 0 Å². The van der Waals surface area contributed by atoms with E-state index in [1.165, 1.54) is 5.57 Å². The second kappa shape index (κ2) is 10.9. The highest BCUT2D eigenvalue weighted by molar-refractivity contribution is 5.76. The van der Waals surface area contributed by atoms with E-state index in [0.717, 1.165) is 58.0 Å². The van der Waals surface area contributed by atoms with Gasteiger partial charge in [-0.2, -0.15) is 0 Å². The third-order valence-corrected chi connectivity index (χ3v) is 7.14. The lowest BCUT2D eigenvalue weighted by Crippen LogP contribution is -2.28. The van der Waals surface area contributed by atoms with Gasteiger partial charge < -0.3 is 19.8 Å². The smallest absolute Gasteiger partial charge is 0.224 e. The number of ether oxygens (including phenoxy) is 1. The third kappa shape index (κ3) is 6.41. The number of carbonyl (C=O) groups is 1. The van der Waals surface area contributed by atoms with Crippen molar-refractivity contribution in [2.45, 2.75) is 83.3 Å². The summed E-state index contributed by atoms with van der Waals surface area (Å²) in [6.07, 6.45) is 14.3. The van der Waals surface area contributed by atoms with Crippen molar-refractivity contribution in [1.82, 2.24) is 4.90 Å². The lowest BCUT2D eigenvalue weighted by Gasteiger charge is -2.22. The summed E-state index contributed by atoms with van der Waals surface area (Å²) in [5.74, 6) is 1.22. The predicted octanol–water partition coefficient (Wildman–Crippen LogP) is 3.85. The molecule has 0 radical (unpaired) electrons. The Morgan fingerprint density at radius 3 is 2.87 bits per heavy atom. The molecule has 0 aromatic carbocycles. The largest absolute Gasteiger partial charge is 0.392 e. The van der Waals surface area contributed by atoms with Crippen LogP contribution >= 0.6 is 0 Å². The number of hydrogen-bond acceptors (Lipinski definition) is 4. The summed E-state index contributed by atoms with van der Waals surface area (Å²) in [5, 5.41) is 21.0. The fourth-order valence-corrected chi connectivity index (χ4v) is 5.34. The highest BCUT2D eigenvalue weighted by atomic mass is 16.5. The van der Waals surface area contributed by atoms with Crippen molar-refractivity contribution in [2.24, 2.45) is 17.8 Å². The zero-order valence-electron chi connectivity index (χ0n) is 18.9. The number of rotatable bonds is 11. The van der Waals surface area contributed by atoms with E-state index in [4.69, 9.17) is 4.74 Å². The van der Waals surface area contributed by atoms with Crippen molar-refractivity contribution >= 4 is 5.91 Å². The molecule has 0 aromatic heterocycles. The average Bonchev–Trinajstić information content (AvgIpc) is 3.42. The molecule has 30 heavy (non-hydrogen) atoms. The molecule has 1 aliphatic heterocycles. The van der Waals surface area contributed by atoms with E-state index < -0.39 is 5.60 Å². The molecule has 0 aromatic rings. The van der Waals surface area contributed by atoms with E-state index in [9.17, 15) is 15.0 Å². The van der Waals surface area contributed by atoms with Crippen molar-refractivity contribution in [1.29, 1.82) is 0 Å². The molecule has 2 fully saturated rings. The van der Waals surface area contributed by atoms with E-state index >= 15 is 0 Å². The lowest BCUT2D eigenvalue weighted by atomic mass is 9.88. The number of hydrogen-bond donors (Lipinski definition) is 2. The third-order valence-electron chi connectivity index (χ3n) is 7.14. The van der Waals surface area contributed by atoms with Crippen LogP contribution < -0.4 is 0 Å². The number of aliphatic hydroxyl groups excluding tert-OH is 1. The molecule has 1 saturated carbocycles. The van der Waals surface area contributed by atoms with Crippen LogP contribution in [-0.2, 0) is 9.53 Å². The molecule has 3 rings (SSSR count). The molecule has 3 aliphatic rings. The van der Waals surface area contributed by atoms with Gasteiger partial charge in [0.2, 0.25) is 5.91 Å². The van der Waals surface area contributed by atoms with Crippen molar-refractivity contribution in [3.8, 4) is 0 Å². The Bertz CT molecular complexity index is 621. The number of nitrogens with zero attached hydrogens (tertiary/aromatic N) is 1. The Hall–Kier alpha value is -1.17. The van der Waals surface area contributed by atoms with E-state index in [1.807, 2.05) is 11.8 Å². The second-order valence-corrected chi connectivity index (χ2v) is 9.86. The van der Waals surface area contributed by atoms with Crippen LogP contribution in [0.5, 0.6) is 0 Å². The van der Waals surface area contributed by atoms with Gasteiger partial charge in [-0.1, -0.05) is 38.0 Å². The van der Waals surface area contributed by atoms with Crippen LogP contribution in [0.1, 0.15) is 71.6 Å². The number of likely N-dealkylation sites (tertiary alicyclic amines) is 1. The van der Waals surface area contributed by atoms with Crippen LogP contribution in [0.25, 0.3) is 0 Å². The summed E-state index contributed by atoms with van der Waals surface area (Å²) in [5.41, 5.74) is 0.647. The maximum absolute atomic E-state index is 12.1. The van der Waals surface area contributed by atoms with Gasteiger partial charge in [-0.3, -0.25) is 4.79 Å². The molecule has 0 unspecified atom stereocenters. The van der Waals surface area contributed by atoms with Gasteiger partial charge in [0.15, 0.2) is 0 Å². The number of allylic oxidation sites excluding steroid dienone is 1. The molecule has 0 spiro atoms. The zero-order valence-corrected chi connectivity index (χ0v) is 18.9. The Labute approximate surface area is 182 Å². The van der Waals surface area contributed by atoms with Gasteiger partial charge in [0.25, 0.3) is 0 Å². The maximum atomic E-state index is 12.1. The summed E-state index contributed by atoms with van der Waals surface area (Å²) >= 11 is 0. The molecule has 5 heteroatoms. The van der Waals surface area contributed by atoms with Crippen molar-refractivity contribution in [3.63, 3.8) is 0 Å². The normalized spacial score (nSPS) is 30.7. The Morgan fingerprint density at radius 2 is 2.13 bits per heavy atom. The fourth-order valence-electron chi connectivity index (χ4n) is 5.34. The molecular formula is C25H41NO4. The van der Waals surface area contributed by atoms with Crippen molar-refractivity contribution < 1.29 is 19.7 Å². The van der Waals surface area contributed by atoms with Crippen LogP contribution in [0.3, 0.4) is 0 Å². The zero-order chi connectivity index (χ0) is 21.6. The van der Waals surface area contributed by atoms with Crippen LogP contribution in [0.2, 0.25) is 0 Å². The van der Waals surface area contributed by atoms with Gasteiger partial charge in [0, 0.05) is 19.0 Å². The summed E-state index contributed by atoms with van der Waals surface area (Å²) in [4.78, 5) is 14.0. The summed E-state index contributed by atoms with van der Waals surface area (Å²) in [7, 11) is 0. The standard InChI is InChI=1S/C25H41NO4/c1-3-4-10-25(2,29)11-7-8-21-22-16-19(15-20(22)17-23(21)27)18-30-14-9-24(28)26-12-5-6-13-26/h7-8,15,20-23,27,29H,3-6,9-14,16-18H2,1-2H3/b8-7+/t20-,21+,22-,23+,25-/m0/s1. The van der Waals surface area contributed by atoms with Crippen LogP contribution in [0.4, 0.5) is 0 Å². The van der Waals surface area contributed by atoms with Gasteiger partial charge in [-0.05, 0) is 62.9 Å².